The van der Waals surface area contributed by atoms with Crippen molar-refractivity contribution in [2.45, 2.75) is 76.5 Å². The first-order valence-electron chi connectivity index (χ1n) is 9.80. The van der Waals surface area contributed by atoms with Crippen molar-refractivity contribution >= 4 is 6.09 Å². The number of nitrogens with zero attached hydrogens (tertiary/aromatic N) is 1. The molecule has 1 aromatic rings. The van der Waals surface area contributed by atoms with Crippen molar-refractivity contribution in [1.29, 1.82) is 0 Å². The van der Waals surface area contributed by atoms with Crippen LogP contribution < -0.4 is 5.32 Å². The molecule has 0 bridgehead atoms. The van der Waals surface area contributed by atoms with E-state index in [0.717, 1.165) is 44.2 Å². The highest BCUT2D eigenvalue weighted by atomic mass is 19.1. The van der Waals surface area contributed by atoms with Crippen molar-refractivity contribution < 1.29 is 13.9 Å². The molecule has 1 saturated carbocycles. The van der Waals surface area contributed by atoms with Crippen molar-refractivity contribution in [2.24, 2.45) is 0 Å². The SMILES string of the molecule is CC(C)(C)OC(=O)N1CCC(N[C@H]2CC[C@H](c3ccccc3F)CC2)C1. The van der Waals surface area contributed by atoms with Gasteiger partial charge in [0.25, 0.3) is 0 Å². The van der Waals surface area contributed by atoms with Gasteiger partial charge in [-0.3, -0.25) is 0 Å². The fraction of sp³-hybridized carbons (Fsp3) is 0.667. The third-order valence-electron chi connectivity index (χ3n) is 5.38. The van der Waals surface area contributed by atoms with E-state index in [0.29, 0.717) is 24.5 Å². The number of carbonyl (C=O) groups is 1. The Balaban J connectivity index is 1.44. The van der Waals surface area contributed by atoms with E-state index in [1.165, 1.54) is 0 Å². The molecule has 1 unspecified atom stereocenters. The Morgan fingerprint density at radius 3 is 2.46 bits per heavy atom. The molecule has 1 aliphatic heterocycles. The fourth-order valence-electron chi connectivity index (χ4n) is 4.10. The maximum Gasteiger partial charge on any atom is 0.410 e. The van der Waals surface area contributed by atoms with E-state index in [9.17, 15) is 9.18 Å². The fourth-order valence-corrected chi connectivity index (χ4v) is 4.10. The van der Waals surface area contributed by atoms with Gasteiger partial charge in [0, 0.05) is 25.2 Å². The van der Waals surface area contributed by atoms with Crippen LogP contribution in [0, 0.1) is 5.82 Å². The zero-order valence-corrected chi connectivity index (χ0v) is 16.1. The van der Waals surface area contributed by atoms with Gasteiger partial charge in [0.2, 0.25) is 0 Å². The first kappa shape index (κ1) is 19.2. The van der Waals surface area contributed by atoms with Crippen LogP contribution in [0.5, 0.6) is 0 Å². The summed E-state index contributed by atoms with van der Waals surface area (Å²) >= 11 is 0. The summed E-state index contributed by atoms with van der Waals surface area (Å²) < 4.78 is 19.4. The van der Waals surface area contributed by atoms with Gasteiger partial charge in [-0.15, -0.1) is 0 Å². The van der Waals surface area contributed by atoms with Crippen LogP contribution in [0.15, 0.2) is 24.3 Å². The third-order valence-corrected chi connectivity index (χ3v) is 5.38. The number of amides is 1. The Labute approximate surface area is 156 Å². The molecule has 1 saturated heterocycles. The van der Waals surface area contributed by atoms with Crippen LogP contribution in [0.25, 0.3) is 0 Å². The Hall–Kier alpha value is -1.62. The average molecular weight is 362 g/mol. The maximum absolute atomic E-state index is 14.0. The molecule has 1 aromatic carbocycles. The lowest BCUT2D eigenvalue weighted by molar-refractivity contribution is 0.0290. The Morgan fingerprint density at radius 2 is 1.81 bits per heavy atom. The molecule has 4 nitrogen and oxygen atoms in total. The van der Waals surface area contributed by atoms with Gasteiger partial charge < -0.3 is 15.0 Å². The van der Waals surface area contributed by atoms with E-state index in [2.05, 4.69) is 5.32 Å². The lowest BCUT2D eigenvalue weighted by atomic mass is 9.81. The average Bonchev–Trinajstić information content (AvgIpc) is 3.03. The first-order chi connectivity index (χ1) is 12.3. The topological polar surface area (TPSA) is 41.6 Å². The second-order valence-corrected chi connectivity index (χ2v) is 8.65. The molecule has 1 heterocycles. The Bertz CT molecular complexity index is 621. The van der Waals surface area contributed by atoms with Crippen LogP contribution in [0.1, 0.15) is 64.4 Å². The number of carbonyl (C=O) groups excluding carboxylic acids is 1. The quantitative estimate of drug-likeness (QED) is 0.864. The summed E-state index contributed by atoms with van der Waals surface area (Å²) in [5.74, 6) is 0.254. The summed E-state index contributed by atoms with van der Waals surface area (Å²) in [6, 6.07) is 7.95. The smallest absolute Gasteiger partial charge is 0.410 e. The molecular weight excluding hydrogens is 331 g/mol. The second-order valence-electron chi connectivity index (χ2n) is 8.65. The number of likely N-dealkylation sites (tertiary alicyclic amines) is 1. The standard InChI is InChI=1S/C21H31FN2O2/c1-21(2,3)26-20(25)24-13-12-17(14-24)23-16-10-8-15(9-11-16)18-6-4-5-7-19(18)22/h4-7,15-17,23H,8-14H2,1-3H3/t15-,16-,17?. The normalized spacial score (nSPS) is 26.8. The van der Waals surface area contributed by atoms with Crippen LogP contribution in [0.4, 0.5) is 9.18 Å². The highest BCUT2D eigenvalue weighted by Gasteiger charge is 2.32. The number of ether oxygens (including phenoxy) is 1. The molecule has 1 amide bonds. The van der Waals surface area contributed by atoms with Crippen LogP contribution in [-0.4, -0.2) is 41.8 Å². The molecule has 1 aliphatic carbocycles. The minimum absolute atomic E-state index is 0.0762. The maximum atomic E-state index is 14.0. The highest BCUT2D eigenvalue weighted by molar-refractivity contribution is 5.68. The lowest BCUT2D eigenvalue weighted by Gasteiger charge is -2.31. The zero-order chi connectivity index (χ0) is 18.7. The Kier molecular flexibility index (Phi) is 5.86. The molecule has 5 heteroatoms. The van der Waals surface area contributed by atoms with Gasteiger partial charge in [-0.1, -0.05) is 18.2 Å². The molecule has 1 N–H and O–H groups in total. The largest absolute Gasteiger partial charge is 0.444 e. The predicted molar refractivity (Wildman–Crippen MR) is 101 cm³/mol. The second kappa shape index (κ2) is 7.95. The molecule has 26 heavy (non-hydrogen) atoms. The molecule has 0 aromatic heterocycles. The highest BCUT2D eigenvalue weighted by Crippen LogP contribution is 2.34. The van der Waals surface area contributed by atoms with Gasteiger partial charge in [-0.2, -0.15) is 0 Å². The summed E-state index contributed by atoms with van der Waals surface area (Å²) in [4.78, 5) is 14.0. The number of hydrogen-bond donors (Lipinski definition) is 1. The Morgan fingerprint density at radius 1 is 1.12 bits per heavy atom. The molecule has 0 radical (unpaired) electrons. The number of hydrogen-bond acceptors (Lipinski definition) is 3. The molecule has 2 aliphatic rings. The van der Waals surface area contributed by atoms with Gasteiger partial charge in [-0.25, -0.2) is 9.18 Å². The van der Waals surface area contributed by atoms with Crippen LogP contribution in [0.3, 0.4) is 0 Å². The number of halogens is 1. The number of rotatable bonds is 3. The van der Waals surface area contributed by atoms with E-state index in [1.807, 2.05) is 32.9 Å². The number of nitrogens with one attached hydrogen (secondary N) is 1. The summed E-state index contributed by atoms with van der Waals surface area (Å²) in [7, 11) is 0. The van der Waals surface area contributed by atoms with Gasteiger partial charge in [-0.05, 0) is 70.4 Å². The van der Waals surface area contributed by atoms with Gasteiger partial charge in [0.05, 0.1) is 0 Å². The molecule has 1 atom stereocenters. The van der Waals surface area contributed by atoms with Crippen molar-refractivity contribution in [3.8, 4) is 0 Å². The van der Waals surface area contributed by atoms with Gasteiger partial charge in [0.15, 0.2) is 0 Å². The van der Waals surface area contributed by atoms with E-state index in [4.69, 9.17) is 4.74 Å². The lowest BCUT2D eigenvalue weighted by Crippen LogP contribution is -2.43. The summed E-state index contributed by atoms with van der Waals surface area (Å²) in [6.45, 7) is 7.14. The minimum atomic E-state index is -0.451. The summed E-state index contributed by atoms with van der Waals surface area (Å²) in [5.41, 5.74) is 0.413. The molecule has 3 rings (SSSR count). The van der Waals surface area contributed by atoms with Crippen molar-refractivity contribution in [3.63, 3.8) is 0 Å². The van der Waals surface area contributed by atoms with E-state index < -0.39 is 5.60 Å². The van der Waals surface area contributed by atoms with Crippen LogP contribution in [-0.2, 0) is 4.74 Å². The van der Waals surface area contributed by atoms with Crippen LogP contribution >= 0.6 is 0 Å². The number of benzene rings is 1. The molecule has 2 fully saturated rings. The van der Waals surface area contributed by atoms with E-state index in [1.54, 1.807) is 17.0 Å². The third kappa shape index (κ3) is 4.97. The monoisotopic (exact) mass is 362 g/mol. The minimum Gasteiger partial charge on any atom is -0.444 e. The van der Waals surface area contributed by atoms with Crippen molar-refractivity contribution in [1.82, 2.24) is 10.2 Å². The molecule has 0 spiro atoms. The first-order valence-corrected chi connectivity index (χ1v) is 9.80. The summed E-state index contributed by atoms with van der Waals surface area (Å²) in [6.07, 6.45) is 4.89. The summed E-state index contributed by atoms with van der Waals surface area (Å²) in [5, 5.41) is 3.71. The van der Waals surface area contributed by atoms with Crippen molar-refractivity contribution in [3.05, 3.63) is 35.6 Å². The van der Waals surface area contributed by atoms with Crippen LogP contribution in [0.2, 0.25) is 0 Å². The van der Waals surface area contributed by atoms with Gasteiger partial charge in [0.1, 0.15) is 11.4 Å². The van der Waals surface area contributed by atoms with E-state index in [-0.39, 0.29) is 11.9 Å². The van der Waals surface area contributed by atoms with Crippen molar-refractivity contribution in [2.75, 3.05) is 13.1 Å². The van der Waals surface area contributed by atoms with E-state index >= 15 is 0 Å². The molecular formula is C21H31FN2O2. The van der Waals surface area contributed by atoms with Gasteiger partial charge >= 0.3 is 6.09 Å². The predicted octanol–water partition coefficient (Wildman–Crippen LogP) is 4.45. The molecule has 144 valence electrons. The zero-order valence-electron chi connectivity index (χ0n) is 16.1.